The topological polar surface area (TPSA) is 72.3 Å². The number of aromatic carboxylic acids is 1. The molecule has 2 aromatic carbocycles. The molecule has 1 N–H and O–H groups in total. The van der Waals surface area contributed by atoms with Crippen molar-refractivity contribution in [3.05, 3.63) is 41.5 Å². The fourth-order valence-electron chi connectivity index (χ4n) is 2.22. The van der Waals surface area contributed by atoms with E-state index in [9.17, 15) is 9.90 Å². The highest BCUT2D eigenvalue weighted by Crippen LogP contribution is 2.28. The van der Waals surface area contributed by atoms with Gasteiger partial charge in [0.2, 0.25) is 0 Å². The zero-order valence-corrected chi connectivity index (χ0v) is 11.0. The van der Waals surface area contributed by atoms with Crippen LogP contribution in [-0.2, 0) is 0 Å². The Morgan fingerprint density at radius 3 is 2.60 bits per heavy atom. The fourth-order valence-corrected chi connectivity index (χ4v) is 2.22. The average Bonchev–Trinajstić information content (AvgIpc) is 2.45. The summed E-state index contributed by atoms with van der Waals surface area (Å²) in [5, 5.41) is 9.24. The fraction of sp³-hybridized carbons (Fsp3) is 0.133. The zero-order chi connectivity index (χ0) is 14.3. The van der Waals surface area contributed by atoms with Gasteiger partial charge in [0.1, 0.15) is 16.8 Å². The van der Waals surface area contributed by atoms with Crippen LogP contribution in [0.2, 0.25) is 0 Å². The molecule has 5 heteroatoms. The Hall–Kier alpha value is -2.69. The first-order valence-corrected chi connectivity index (χ1v) is 6.09. The van der Waals surface area contributed by atoms with E-state index < -0.39 is 5.97 Å². The third-order valence-corrected chi connectivity index (χ3v) is 3.24. The van der Waals surface area contributed by atoms with Gasteiger partial charge in [0.25, 0.3) is 0 Å². The van der Waals surface area contributed by atoms with Crippen LogP contribution in [-0.4, -0.2) is 28.2 Å². The number of rotatable bonds is 2. The van der Waals surface area contributed by atoms with Gasteiger partial charge in [0.15, 0.2) is 0 Å². The van der Waals surface area contributed by atoms with Gasteiger partial charge in [-0.2, -0.15) is 0 Å². The molecule has 0 aliphatic carbocycles. The van der Waals surface area contributed by atoms with Crippen LogP contribution in [0.3, 0.4) is 0 Å². The Kier molecular flexibility index (Phi) is 2.75. The highest BCUT2D eigenvalue weighted by Gasteiger charge is 2.14. The Bertz CT molecular complexity index is 843. The predicted octanol–water partition coefficient (Wildman–Crippen LogP) is 2.80. The van der Waals surface area contributed by atoms with Crippen molar-refractivity contribution in [1.82, 2.24) is 9.97 Å². The van der Waals surface area contributed by atoms with Crippen LogP contribution in [0.1, 0.15) is 15.9 Å². The van der Waals surface area contributed by atoms with E-state index in [1.165, 1.54) is 6.07 Å². The maximum absolute atomic E-state index is 11.3. The SMILES string of the molecule is COc1ccc(C)c2nc3cccc(C(=O)O)c3nc12. The molecule has 0 bridgehead atoms. The number of hydrogen-bond donors (Lipinski definition) is 1. The molecule has 100 valence electrons. The molecule has 1 aromatic heterocycles. The summed E-state index contributed by atoms with van der Waals surface area (Å²) in [6.45, 7) is 1.93. The number of hydrogen-bond acceptors (Lipinski definition) is 4. The molecule has 5 nitrogen and oxygen atoms in total. The van der Waals surface area contributed by atoms with Crippen molar-refractivity contribution in [3.63, 3.8) is 0 Å². The molecule has 3 aromatic rings. The standard InChI is InChI=1S/C15H12N2O3/c1-8-6-7-11(20-2)14-12(8)16-10-5-3-4-9(15(18)19)13(10)17-14/h3-7H,1-2H3,(H,18,19). The lowest BCUT2D eigenvalue weighted by Gasteiger charge is -2.09. The van der Waals surface area contributed by atoms with E-state index >= 15 is 0 Å². The number of ether oxygens (including phenoxy) is 1. The van der Waals surface area contributed by atoms with Crippen LogP contribution in [0.5, 0.6) is 5.75 Å². The molecule has 3 rings (SSSR count). The molecule has 20 heavy (non-hydrogen) atoms. The number of aryl methyl sites for hydroxylation is 1. The van der Waals surface area contributed by atoms with Crippen LogP contribution >= 0.6 is 0 Å². The quantitative estimate of drug-likeness (QED) is 0.723. The van der Waals surface area contributed by atoms with Gasteiger partial charge in [0, 0.05) is 0 Å². The number of fused-ring (bicyclic) bond motifs is 2. The van der Waals surface area contributed by atoms with Crippen molar-refractivity contribution < 1.29 is 14.6 Å². The van der Waals surface area contributed by atoms with E-state index in [2.05, 4.69) is 9.97 Å². The minimum Gasteiger partial charge on any atom is -0.494 e. The molecule has 0 spiro atoms. The van der Waals surface area contributed by atoms with Gasteiger partial charge < -0.3 is 9.84 Å². The maximum Gasteiger partial charge on any atom is 0.337 e. The molecule has 1 heterocycles. The number of methoxy groups -OCH3 is 1. The first-order chi connectivity index (χ1) is 9.61. The van der Waals surface area contributed by atoms with E-state index in [-0.39, 0.29) is 5.56 Å². The Balaban J connectivity index is 2.50. The number of aromatic nitrogens is 2. The summed E-state index contributed by atoms with van der Waals surface area (Å²) in [6, 6.07) is 8.66. The number of carbonyl (C=O) groups is 1. The van der Waals surface area contributed by atoms with Crippen LogP contribution < -0.4 is 4.74 Å². The molecule has 0 fully saturated rings. The highest BCUT2D eigenvalue weighted by atomic mass is 16.5. The number of nitrogens with zero attached hydrogens (tertiary/aromatic N) is 2. The molecule has 0 unspecified atom stereocenters. The molecule has 0 atom stereocenters. The Morgan fingerprint density at radius 2 is 1.90 bits per heavy atom. The van der Waals surface area contributed by atoms with Gasteiger partial charge in [-0.1, -0.05) is 12.1 Å². The number of carboxylic acid groups (broad SMARTS) is 1. The lowest BCUT2D eigenvalue weighted by atomic mass is 10.1. The second-order valence-corrected chi connectivity index (χ2v) is 4.48. The molecule has 0 aliphatic rings. The first kappa shape index (κ1) is 12.3. The number of carboxylic acids is 1. The van der Waals surface area contributed by atoms with E-state index in [0.29, 0.717) is 22.3 Å². The molecule has 0 saturated carbocycles. The van der Waals surface area contributed by atoms with Gasteiger partial charge in [-0.05, 0) is 30.7 Å². The van der Waals surface area contributed by atoms with E-state index in [1.54, 1.807) is 19.2 Å². The number of benzene rings is 2. The normalized spacial score (nSPS) is 10.9. The lowest BCUT2D eigenvalue weighted by Crippen LogP contribution is -2.01. The van der Waals surface area contributed by atoms with Crippen LogP contribution in [0, 0.1) is 6.92 Å². The Morgan fingerprint density at radius 1 is 1.10 bits per heavy atom. The van der Waals surface area contributed by atoms with E-state index in [4.69, 9.17) is 4.74 Å². The molecule has 0 aliphatic heterocycles. The van der Waals surface area contributed by atoms with Crippen LogP contribution in [0.25, 0.3) is 22.1 Å². The monoisotopic (exact) mass is 268 g/mol. The van der Waals surface area contributed by atoms with Gasteiger partial charge >= 0.3 is 5.97 Å². The highest BCUT2D eigenvalue weighted by molar-refractivity contribution is 6.03. The van der Waals surface area contributed by atoms with Gasteiger partial charge in [-0.3, -0.25) is 0 Å². The summed E-state index contributed by atoms with van der Waals surface area (Å²) in [7, 11) is 1.55. The summed E-state index contributed by atoms with van der Waals surface area (Å²) in [4.78, 5) is 20.3. The average molecular weight is 268 g/mol. The summed E-state index contributed by atoms with van der Waals surface area (Å²) >= 11 is 0. The summed E-state index contributed by atoms with van der Waals surface area (Å²) in [6.07, 6.45) is 0. The second-order valence-electron chi connectivity index (χ2n) is 4.48. The molecular formula is C15H12N2O3. The van der Waals surface area contributed by atoms with Crippen molar-refractivity contribution in [2.24, 2.45) is 0 Å². The predicted molar refractivity (Wildman–Crippen MR) is 75.3 cm³/mol. The molecule has 0 amide bonds. The van der Waals surface area contributed by atoms with E-state index in [1.807, 2.05) is 19.1 Å². The summed E-state index contributed by atoms with van der Waals surface area (Å²) in [5.41, 5.74) is 3.34. The van der Waals surface area contributed by atoms with Gasteiger partial charge in [0.05, 0.1) is 23.7 Å². The lowest BCUT2D eigenvalue weighted by molar-refractivity contribution is 0.0699. The Labute approximate surface area is 114 Å². The molecule has 0 saturated heterocycles. The van der Waals surface area contributed by atoms with Crippen molar-refractivity contribution in [2.75, 3.05) is 7.11 Å². The maximum atomic E-state index is 11.3. The largest absolute Gasteiger partial charge is 0.494 e. The van der Waals surface area contributed by atoms with Crippen molar-refractivity contribution in [1.29, 1.82) is 0 Å². The van der Waals surface area contributed by atoms with Crippen molar-refractivity contribution in [2.45, 2.75) is 6.92 Å². The van der Waals surface area contributed by atoms with Crippen molar-refractivity contribution in [3.8, 4) is 5.75 Å². The van der Waals surface area contributed by atoms with Crippen LogP contribution in [0.4, 0.5) is 0 Å². The zero-order valence-electron chi connectivity index (χ0n) is 11.0. The molecular weight excluding hydrogens is 256 g/mol. The minimum absolute atomic E-state index is 0.139. The van der Waals surface area contributed by atoms with Crippen molar-refractivity contribution >= 4 is 28.0 Å². The van der Waals surface area contributed by atoms with Gasteiger partial charge in [-0.25, -0.2) is 14.8 Å². The van der Waals surface area contributed by atoms with Gasteiger partial charge in [-0.15, -0.1) is 0 Å². The van der Waals surface area contributed by atoms with Crippen LogP contribution in [0.15, 0.2) is 30.3 Å². The minimum atomic E-state index is -1.02. The van der Waals surface area contributed by atoms with E-state index in [0.717, 1.165) is 11.1 Å². The third-order valence-electron chi connectivity index (χ3n) is 3.24. The second kappa shape index (κ2) is 4.45. The summed E-state index contributed by atoms with van der Waals surface area (Å²) in [5.74, 6) is -0.434. The first-order valence-electron chi connectivity index (χ1n) is 6.09. The third kappa shape index (κ3) is 1.75. The summed E-state index contributed by atoms with van der Waals surface area (Å²) < 4.78 is 5.28. The number of para-hydroxylation sites is 1. The molecule has 0 radical (unpaired) electrons. The smallest absolute Gasteiger partial charge is 0.337 e.